The maximum Gasteiger partial charge on any atom is 0.0826 e. The van der Waals surface area contributed by atoms with Crippen LogP contribution in [0.1, 0.15) is 20.3 Å². The van der Waals surface area contributed by atoms with Crippen molar-refractivity contribution in [1.29, 1.82) is 0 Å². The minimum absolute atomic E-state index is 0.387. The molecule has 0 spiro atoms. The number of nitrogens with zero attached hydrogens (tertiary/aromatic N) is 1. The van der Waals surface area contributed by atoms with Crippen LogP contribution in [0, 0.1) is 5.92 Å². The third kappa shape index (κ3) is 4.40. The second kappa shape index (κ2) is 6.38. The van der Waals surface area contributed by atoms with Gasteiger partial charge in [0.15, 0.2) is 0 Å². The zero-order chi connectivity index (χ0) is 10.4. The number of hydrogen-bond acceptors (Lipinski definition) is 3. The lowest BCUT2D eigenvalue weighted by molar-refractivity contribution is -0.0183. The summed E-state index contributed by atoms with van der Waals surface area (Å²) in [7, 11) is 2.16. The maximum absolute atomic E-state index is 5.66. The van der Waals surface area contributed by atoms with Gasteiger partial charge in [0.25, 0.3) is 0 Å². The SMILES string of the molecule is CCC(C)CNCC1CN(C)CCO1. The highest BCUT2D eigenvalue weighted by Gasteiger charge is 2.16. The van der Waals surface area contributed by atoms with E-state index in [0.29, 0.717) is 6.10 Å². The van der Waals surface area contributed by atoms with Crippen molar-refractivity contribution in [2.75, 3.05) is 39.8 Å². The van der Waals surface area contributed by atoms with E-state index in [1.165, 1.54) is 6.42 Å². The molecule has 3 nitrogen and oxygen atoms in total. The first-order valence-corrected chi connectivity index (χ1v) is 5.73. The van der Waals surface area contributed by atoms with E-state index in [9.17, 15) is 0 Å². The summed E-state index contributed by atoms with van der Waals surface area (Å²) in [5.74, 6) is 0.774. The number of nitrogens with one attached hydrogen (secondary N) is 1. The summed E-state index contributed by atoms with van der Waals surface area (Å²) in [4.78, 5) is 2.33. The van der Waals surface area contributed by atoms with Crippen molar-refractivity contribution in [3.05, 3.63) is 0 Å². The summed E-state index contributed by atoms with van der Waals surface area (Å²) in [6, 6.07) is 0. The van der Waals surface area contributed by atoms with Crippen LogP contribution in [0.3, 0.4) is 0 Å². The molecule has 2 atom stereocenters. The van der Waals surface area contributed by atoms with Crippen LogP contribution in [0.15, 0.2) is 0 Å². The number of hydrogen-bond donors (Lipinski definition) is 1. The monoisotopic (exact) mass is 200 g/mol. The van der Waals surface area contributed by atoms with Gasteiger partial charge in [-0.3, -0.25) is 0 Å². The normalized spacial score (nSPS) is 26.4. The van der Waals surface area contributed by atoms with Gasteiger partial charge in [-0.2, -0.15) is 0 Å². The second-order valence-electron chi connectivity index (χ2n) is 4.43. The Morgan fingerprint density at radius 1 is 1.57 bits per heavy atom. The maximum atomic E-state index is 5.66. The Hall–Kier alpha value is -0.120. The third-order valence-corrected chi connectivity index (χ3v) is 2.90. The van der Waals surface area contributed by atoms with Gasteiger partial charge >= 0.3 is 0 Å². The van der Waals surface area contributed by atoms with E-state index in [4.69, 9.17) is 4.74 Å². The number of ether oxygens (including phenoxy) is 1. The quantitative estimate of drug-likeness (QED) is 0.715. The molecule has 1 N–H and O–H groups in total. The topological polar surface area (TPSA) is 24.5 Å². The first kappa shape index (κ1) is 12.0. The molecular weight excluding hydrogens is 176 g/mol. The predicted molar refractivity (Wildman–Crippen MR) is 59.6 cm³/mol. The average molecular weight is 200 g/mol. The molecule has 0 bridgehead atoms. The highest BCUT2D eigenvalue weighted by atomic mass is 16.5. The fraction of sp³-hybridized carbons (Fsp3) is 1.00. The van der Waals surface area contributed by atoms with Crippen LogP contribution in [0.5, 0.6) is 0 Å². The van der Waals surface area contributed by atoms with Gasteiger partial charge in [0.05, 0.1) is 12.7 Å². The first-order chi connectivity index (χ1) is 6.72. The van der Waals surface area contributed by atoms with Gasteiger partial charge in [-0.1, -0.05) is 20.3 Å². The van der Waals surface area contributed by atoms with E-state index in [0.717, 1.165) is 38.7 Å². The summed E-state index contributed by atoms with van der Waals surface area (Å²) in [6.45, 7) is 9.63. The molecule has 2 unspecified atom stereocenters. The fourth-order valence-electron chi connectivity index (χ4n) is 1.63. The Bertz CT molecular complexity index is 152. The lowest BCUT2D eigenvalue weighted by Gasteiger charge is -2.30. The van der Waals surface area contributed by atoms with E-state index in [1.54, 1.807) is 0 Å². The second-order valence-corrected chi connectivity index (χ2v) is 4.43. The number of likely N-dealkylation sites (N-methyl/N-ethyl adjacent to an activating group) is 1. The molecule has 0 aromatic rings. The summed E-state index contributed by atoms with van der Waals surface area (Å²) < 4.78 is 5.66. The van der Waals surface area contributed by atoms with E-state index < -0.39 is 0 Å². The van der Waals surface area contributed by atoms with Gasteiger partial charge in [-0.15, -0.1) is 0 Å². The lowest BCUT2D eigenvalue weighted by atomic mass is 10.1. The molecule has 0 aromatic carbocycles. The van der Waals surface area contributed by atoms with Crippen LogP contribution in [-0.2, 0) is 4.74 Å². The molecule has 84 valence electrons. The highest BCUT2D eigenvalue weighted by Crippen LogP contribution is 2.02. The van der Waals surface area contributed by atoms with Gasteiger partial charge in [0.1, 0.15) is 0 Å². The third-order valence-electron chi connectivity index (χ3n) is 2.90. The molecule has 1 aliphatic rings. The van der Waals surface area contributed by atoms with E-state index in [2.05, 4.69) is 31.1 Å². The van der Waals surface area contributed by atoms with Crippen molar-refractivity contribution in [3.63, 3.8) is 0 Å². The molecule has 14 heavy (non-hydrogen) atoms. The zero-order valence-corrected chi connectivity index (χ0v) is 9.75. The molecular formula is C11H24N2O. The Labute approximate surface area is 87.8 Å². The Balaban J connectivity index is 2.05. The van der Waals surface area contributed by atoms with E-state index in [1.807, 2.05) is 0 Å². The van der Waals surface area contributed by atoms with Gasteiger partial charge in [-0.25, -0.2) is 0 Å². The van der Waals surface area contributed by atoms with Crippen molar-refractivity contribution < 1.29 is 4.74 Å². The highest BCUT2D eigenvalue weighted by molar-refractivity contribution is 4.71. The predicted octanol–water partition coefficient (Wildman–Crippen LogP) is 0.953. The zero-order valence-electron chi connectivity index (χ0n) is 9.75. The molecule has 0 aliphatic carbocycles. The van der Waals surface area contributed by atoms with Crippen LogP contribution in [0.25, 0.3) is 0 Å². The van der Waals surface area contributed by atoms with Crippen LogP contribution >= 0.6 is 0 Å². The average Bonchev–Trinajstić information content (AvgIpc) is 2.17. The standard InChI is InChI=1S/C11H24N2O/c1-4-10(2)7-12-8-11-9-13(3)5-6-14-11/h10-12H,4-9H2,1-3H3. The Morgan fingerprint density at radius 2 is 2.36 bits per heavy atom. The molecule has 1 saturated heterocycles. The van der Waals surface area contributed by atoms with Gasteiger partial charge in [-0.05, 0) is 19.5 Å². The van der Waals surface area contributed by atoms with Gasteiger partial charge in [0.2, 0.25) is 0 Å². The minimum Gasteiger partial charge on any atom is -0.374 e. The Kier molecular flexibility index (Phi) is 5.45. The first-order valence-electron chi connectivity index (χ1n) is 5.73. The summed E-state index contributed by atoms with van der Waals surface area (Å²) in [6.07, 6.45) is 1.64. The molecule has 0 aromatic heterocycles. The van der Waals surface area contributed by atoms with Crippen molar-refractivity contribution >= 4 is 0 Å². The number of morpholine rings is 1. The van der Waals surface area contributed by atoms with E-state index in [-0.39, 0.29) is 0 Å². The Morgan fingerprint density at radius 3 is 3.00 bits per heavy atom. The van der Waals surface area contributed by atoms with Crippen LogP contribution in [0.2, 0.25) is 0 Å². The van der Waals surface area contributed by atoms with Crippen molar-refractivity contribution in [1.82, 2.24) is 10.2 Å². The summed E-state index contributed by atoms with van der Waals surface area (Å²) >= 11 is 0. The molecule has 0 amide bonds. The van der Waals surface area contributed by atoms with Crippen LogP contribution in [0.4, 0.5) is 0 Å². The molecule has 1 fully saturated rings. The fourth-order valence-corrected chi connectivity index (χ4v) is 1.63. The van der Waals surface area contributed by atoms with Crippen molar-refractivity contribution in [2.45, 2.75) is 26.4 Å². The van der Waals surface area contributed by atoms with Crippen molar-refractivity contribution in [2.24, 2.45) is 5.92 Å². The number of rotatable bonds is 5. The van der Waals surface area contributed by atoms with Crippen LogP contribution < -0.4 is 5.32 Å². The molecule has 1 heterocycles. The smallest absolute Gasteiger partial charge is 0.0826 e. The molecule has 0 radical (unpaired) electrons. The molecule has 1 aliphatic heterocycles. The van der Waals surface area contributed by atoms with Crippen LogP contribution in [-0.4, -0.2) is 50.8 Å². The molecule has 0 saturated carbocycles. The van der Waals surface area contributed by atoms with Gasteiger partial charge < -0.3 is 15.0 Å². The van der Waals surface area contributed by atoms with Crippen molar-refractivity contribution in [3.8, 4) is 0 Å². The largest absolute Gasteiger partial charge is 0.374 e. The minimum atomic E-state index is 0.387. The van der Waals surface area contributed by atoms with E-state index >= 15 is 0 Å². The lowest BCUT2D eigenvalue weighted by Crippen LogP contribution is -2.45. The molecule has 1 rings (SSSR count). The summed E-state index contributed by atoms with van der Waals surface area (Å²) in [5.41, 5.74) is 0. The molecule has 3 heteroatoms. The van der Waals surface area contributed by atoms with Gasteiger partial charge in [0, 0.05) is 19.6 Å². The summed E-state index contributed by atoms with van der Waals surface area (Å²) in [5, 5.41) is 3.47.